The summed E-state index contributed by atoms with van der Waals surface area (Å²) in [4.78, 5) is 11.1. The number of esters is 1. The summed E-state index contributed by atoms with van der Waals surface area (Å²) in [6.45, 7) is 5.40. The first-order chi connectivity index (χ1) is 7.73. The average Bonchev–Trinajstić information content (AvgIpc) is 2.13. The van der Waals surface area contributed by atoms with Gasteiger partial charge < -0.3 is 9.84 Å². The van der Waals surface area contributed by atoms with E-state index in [4.69, 9.17) is 5.11 Å². The molecule has 0 aromatic rings. The highest BCUT2D eigenvalue weighted by molar-refractivity contribution is 5.87. The van der Waals surface area contributed by atoms with Crippen LogP contribution in [0.2, 0.25) is 0 Å². The molecule has 0 fully saturated rings. The van der Waals surface area contributed by atoms with E-state index in [1.54, 1.807) is 0 Å². The van der Waals surface area contributed by atoms with E-state index >= 15 is 0 Å². The van der Waals surface area contributed by atoms with Crippen LogP contribution in [0.1, 0.15) is 20.8 Å². The Morgan fingerprint density at radius 2 is 1.61 bits per heavy atom. The number of aliphatic hydroxyl groups is 1. The molecule has 0 spiro atoms. The molecular weight excluding hydrogens is 263 g/mol. The van der Waals surface area contributed by atoms with Crippen molar-refractivity contribution < 1.29 is 36.6 Å². The van der Waals surface area contributed by atoms with Crippen LogP contribution in [0.4, 0.5) is 22.0 Å². The molecule has 0 radical (unpaired) electrons. The number of hydrogen-bond acceptors (Lipinski definition) is 3. The Balaban J connectivity index is 5.20. The highest BCUT2D eigenvalue weighted by Gasteiger charge is 2.64. The van der Waals surface area contributed by atoms with Crippen molar-refractivity contribution in [2.45, 2.75) is 44.6 Å². The van der Waals surface area contributed by atoms with Crippen molar-refractivity contribution in [3.63, 3.8) is 0 Å². The van der Waals surface area contributed by atoms with Crippen LogP contribution in [0.25, 0.3) is 0 Å². The largest absolute Gasteiger partial charge is 0.450 e. The molecule has 0 saturated heterocycles. The lowest BCUT2D eigenvalue weighted by molar-refractivity contribution is -0.309. The maximum absolute atomic E-state index is 13.4. The van der Waals surface area contributed by atoms with Gasteiger partial charge in [0.1, 0.15) is 0 Å². The van der Waals surface area contributed by atoms with Crippen LogP contribution in [-0.4, -0.2) is 34.9 Å². The summed E-state index contributed by atoms with van der Waals surface area (Å²) in [5, 5.41) is 8.61. The van der Waals surface area contributed by atoms with Gasteiger partial charge in [-0.05, 0) is 20.8 Å². The van der Waals surface area contributed by atoms with Crippen molar-refractivity contribution in [3.8, 4) is 0 Å². The summed E-state index contributed by atoms with van der Waals surface area (Å²) in [7, 11) is 0. The predicted octanol–water partition coefficient (Wildman–Crippen LogP) is 2.44. The first-order valence-electron chi connectivity index (χ1n) is 4.75. The van der Waals surface area contributed by atoms with E-state index in [0.717, 1.165) is 6.92 Å². The van der Waals surface area contributed by atoms with Crippen molar-refractivity contribution in [1.82, 2.24) is 0 Å². The minimum absolute atomic E-state index is 0.250. The average molecular weight is 276 g/mol. The van der Waals surface area contributed by atoms with Crippen LogP contribution in [0.3, 0.4) is 0 Å². The predicted molar refractivity (Wildman–Crippen MR) is 52.0 cm³/mol. The SMILES string of the molecule is C=C(C)C(=O)OC(C)(C)C(F)(F)C(O)C(F)(F)F. The summed E-state index contributed by atoms with van der Waals surface area (Å²) < 4.78 is 67.4. The Labute approximate surface area is 100 Å². The topological polar surface area (TPSA) is 46.5 Å². The van der Waals surface area contributed by atoms with Gasteiger partial charge in [-0.3, -0.25) is 0 Å². The molecule has 0 aromatic carbocycles. The molecule has 0 aliphatic heterocycles. The second kappa shape index (κ2) is 4.83. The molecule has 3 nitrogen and oxygen atoms in total. The van der Waals surface area contributed by atoms with Gasteiger partial charge in [0.2, 0.25) is 6.10 Å². The van der Waals surface area contributed by atoms with E-state index < -0.39 is 29.8 Å². The van der Waals surface area contributed by atoms with Gasteiger partial charge in [-0.1, -0.05) is 6.58 Å². The summed E-state index contributed by atoms with van der Waals surface area (Å²) in [5.74, 6) is -5.97. The molecular formula is C10H13F5O3. The molecule has 0 rings (SSSR count). The van der Waals surface area contributed by atoms with Gasteiger partial charge in [0.25, 0.3) is 0 Å². The van der Waals surface area contributed by atoms with Gasteiger partial charge in [-0.2, -0.15) is 22.0 Å². The summed E-state index contributed by atoms with van der Waals surface area (Å²) in [6, 6.07) is 0. The van der Waals surface area contributed by atoms with E-state index in [1.165, 1.54) is 0 Å². The van der Waals surface area contributed by atoms with Gasteiger partial charge in [0.05, 0.1) is 0 Å². The zero-order valence-corrected chi connectivity index (χ0v) is 9.94. The normalized spacial score (nSPS) is 15.2. The number of ether oxygens (including phenoxy) is 1. The highest BCUT2D eigenvalue weighted by atomic mass is 19.4. The monoisotopic (exact) mass is 276 g/mol. The van der Waals surface area contributed by atoms with Gasteiger partial charge in [0.15, 0.2) is 5.60 Å². The van der Waals surface area contributed by atoms with Gasteiger partial charge >= 0.3 is 18.1 Å². The smallest absolute Gasteiger partial charge is 0.420 e. The molecule has 0 aliphatic rings. The number of halogens is 5. The fourth-order valence-electron chi connectivity index (χ4n) is 0.922. The molecule has 1 N–H and O–H groups in total. The van der Waals surface area contributed by atoms with Crippen LogP contribution < -0.4 is 0 Å². The van der Waals surface area contributed by atoms with Crippen LogP contribution >= 0.6 is 0 Å². The first-order valence-corrected chi connectivity index (χ1v) is 4.75. The Morgan fingerprint density at radius 1 is 1.22 bits per heavy atom. The van der Waals surface area contributed by atoms with Crippen molar-refractivity contribution in [1.29, 1.82) is 0 Å². The fraction of sp³-hybridized carbons (Fsp3) is 0.700. The molecule has 106 valence electrons. The van der Waals surface area contributed by atoms with E-state index in [9.17, 15) is 26.7 Å². The standard InChI is InChI=1S/C10H13F5O3/c1-5(2)6(16)18-8(3,4)9(11,12)7(17)10(13,14)15/h7,17H,1H2,2-4H3. The molecule has 1 atom stereocenters. The number of carbonyl (C=O) groups excluding carboxylic acids is 1. The number of carbonyl (C=O) groups is 1. The molecule has 0 amide bonds. The molecule has 18 heavy (non-hydrogen) atoms. The number of hydrogen-bond donors (Lipinski definition) is 1. The zero-order chi connectivity index (χ0) is 14.9. The summed E-state index contributed by atoms with van der Waals surface area (Å²) in [5.41, 5.74) is -3.09. The molecule has 0 aliphatic carbocycles. The Morgan fingerprint density at radius 3 is 1.89 bits per heavy atom. The molecule has 0 aromatic heterocycles. The third-order valence-electron chi connectivity index (χ3n) is 2.15. The molecule has 0 heterocycles. The van der Waals surface area contributed by atoms with Crippen LogP contribution in [0.5, 0.6) is 0 Å². The minimum atomic E-state index is -5.53. The first kappa shape index (κ1) is 16.8. The van der Waals surface area contributed by atoms with Crippen LogP contribution in [-0.2, 0) is 9.53 Å². The Hall–Kier alpha value is -1.18. The number of rotatable bonds is 4. The lowest BCUT2D eigenvalue weighted by atomic mass is 9.94. The Bertz CT molecular complexity index is 346. The third-order valence-corrected chi connectivity index (χ3v) is 2.15. The maximum Gasteiger partial charge on any atom is 0.420 e. The second-order valence-electron chi connectivity index (χ2n) is 4.25. The van der Waals surface area contributed by atoms with Crippen LogP contribution in [0.15, 0.2) is 12.2 Å². The van der Waals surface area contributed by atoms with Crippen molar-refractivity contribution in [2.75, 3.05) is 0 Å². The molecule has 0 saturated carbocycles. The van der Waals surface area contributed by atoms with Gasteiger partial charge in [-0.25, -0.2) is 4.79 Å². The van der Waals surface area contributed by atoms with E-state index in [0.29, 0.717) is 13.8 Å². The lowest BCUT2D eigenvalue weighted by Gasteiger charge is -2.36. The fourth-order valence-corrected chi connectivity index (χ4v) is 0.922. The molecule has 0 bridgehead atoms. The maximum atomic E-state index is 13.4. The number of aliphatic hydroxyl groups excluding tert-OH is 1. The zero-order valence-electron chi connectivity index (χ0n) is 9.94. The Kier molecular flexibility index (Phi) is 4.51. The molecule has 1 unspecified atom stereocenters. The number of alkyl halides is 5. The van der Waals surface area contributed by atoms with E-state index in [1.807, 2.05) is 0 Å². The minimum Gasteiger partial charge on any atom is -0.450 e. The van der Waals surface area contributed by atoms with Gasteiger partial charge in [0, 0.05) is 5.57 Å². The molecule has 8 heteroatoms. The van der Waals surface area contributed by atoms with Crippen molar-refractivity contribution in [2.24, 2.45) is 0 Å². The van der Waals surface area contributed by atoms with Crippen LogP contribution in [0, 0.1) is 0 Å². The van der Waals surface area contributed by atoms with E-state index in [-0.39, 0.29) is 5.57 Å². The van der Waals surface area contributed by atoms with Crippen molar-refractivity contribution >= 4 is 5.97 Å². The lowest BCUT2D eigenvalue weighted by Crippen LogP contribution is -2.58. The second-order valence-corrected chi connectivity index (χ2v) is 4.25. The van der Waals surface area contributed by atoms with E-state index in [2.05, 4.69) is 11.3 Å². The van der Waals surface area contributed by atoms with Gasteiger partial charge in [-0.15, -0.1) is 0 Å². The van der Waals surface area contributed by atoms with Crippen molar-refractivity contribution in [3.05, 3.63) is 12.2 Å². The summed E-state index contributed by atoms with van der Waals surface area (Å²) >= 11 is 0. The third kappa shape index (κ3) is 3.41. The highest BCUT2D eigenvalue weighted by Crippen LogP contribution is 2.41. The quantitative estimate of drug-likeness (QED) is 0.487. The summed E-state index contributed by atoms with van der Waals surface area (Å²) in [6.07, 6.45) is -9.46.